The standard InChI is InChI=1S/H3NO7P2S/c2-9(3,1-11)7-8-10(4,5)6/h(H,2,3)(H2,4,5,6). The molecule has 0 aliphatic heterocycles. The minimum Gasteiger partial charge on any atom is -0.305 e. The van der Waals surface area contributed by atoms with Crippen molar-refractivity contribution in [3.63, 3.8) is 0 Å². The van der Waals surface area contributed by atoms with E-state index < -0.39 is 15.6 Å². The summed E-state index contributed by atoms with van der Waals surface area (Å²) in [4.78, 5) is 24.1. The zero-order valence-electron chi connectivity index (χ0n) is 4.72. The minimum absolute atomic E-state index is 2.33. The van der Waals surface area contributed by atoms with Crippen molar-refractivity contribution in [2.75, 3.05) is 0 Å². The first-order valence-corrected chi connectivity index (χ1v) is 5.31. The largest absolute Gasteiger partial charge is 0.497 e. The third-order valence-electron chi connectivity index (χ3n) is 0.331. The molecule has 0 rings (SSSR count). The Morgan fingerprint density at radius 1 is 1.18 bits per heavy atom. The van der Waals surface area contributed by atoms with E-state index in [-0.39, 0.29) is 0 Å². The summed E-state index contributed by atoms with van der Waals surface area (Å²) in [7, 11) is -9.48. The lowest BCUT2D eigenvalue weighted by molar-refractivity contribution is -0.130. The van der Waals surface area contributed by atoms with E-state index in [1.807, 2.05) is 0 Å². The minimum atomic E-state index is -4.94. The average molecular weight is 223 g/mol. The topological polar surface area (TPSA) is 126 Å². The monoisotopic (exact) mass is 223 g/mol. The second kappa shape index (κ2) is 3.79. The normalized spacial score (nSPS) is 17.4. The number of hydrogen-bond acceptors (Lipinski definition) is 5. The fourth-order valence-corrected chi connectivity index (χ4v) is 0.904. The Morgan fingerprint density at radius 3 is 1.91 bits per heavy atom. The lowest BCUT2D eigenvalue weighted by Crippen LogP contribution is -1.88. The molecule has 0 aromatic heterocycles. The van der Waals surface area contributed by atoms with Crippen molar-refractivity contribution in [2.45, 2.75) is 0 Å². The molecule has 1 unspecified atom stereocenters. The molecule has 0 amide bonds. The zero-order valence-corrected chi connectivity index (χ0v) is 7.33. The van der Waals surface area contributed by atoms with Gasteiger partial charge >= 0.3 is 15.6 Å². The first-order valence-electron chi connectivity index (χ1n) is 1.88. The van der Waals surface area contributed by atoms with Crippen LogP contribution in [0.5, 0.6) is 0 Å². The van der Waals surface area contributed by atoms with Gasteiger partial charge in [0.05, 0.1) is 0 Å². The molecule has 0 aromatic rings. The molecular weight excluding hydrogens is 220 g/mol. The Morgan fingerprint density at radius 2 is 1.64 bits per heavy atom. The number of hydrogen-bond donors (Lipinski definition) is 3. The molecule has 3 N–H and O–H groups in total. The summed E-state index contributed by atoms with van der Waals surface area (Å²) in [5.74, 6) is 0. The number of phosphoric acid groups is 1. The Labute approximate surface area is 66.1 Å². The van der Waals surface area contributed by atoms with Crippen LogP contribution in [0.25, 0.3) is 0 Å². The molecule has 0 heterocycles. The van der Waals surface area contributed by atoms with Crippen molar-refractivity contribution < 1.29 is 33.2 Å². The van der Waals surface area contributed by atoms with E-state index in [2.05, 4.69) is 25.9 Å². The van der Waals surface area contributed by atoms with Gasteiger partial charge < -0.3 is 14.7 Å². The lowest BCUT2D eigenvalue weighted by Gasteiger charge is -2.03. The van der Waals surface area contributed by atoms with Crippen LogP contribution in [0.4, 0.5) is 0 Å². The van der Waals surface area contributed by atoms with Gasteiger partial charge in [-0.3, -0.25) is 0 Å². The quantitative estimate of drug-likeness (QED) is 0.341. The Hall–Kier alpha value is 0.280. The summed E-state index contributed by atoms with van der Waals surface area (Å²) in [6.07, 6.45) is 0. The third-order valence-corrected chi connectivity index (χ3v) is 1.81. The molecule has 0 saturated carbocycles. The predicted octanol–water partition coefficient (Wildman–Crippen LogP) is -0.142. The lowest BCUT2D eigenvalue weighted by atomic mass is 13.9. The van der Waals surface area contributed by atoms with Crippen LogP contribution in [0.2, 0.25) is 0 Å². The molecule has 0 radical (unpaired) electrons. The molecular formula is H3NO7P2S. The van der Waals surface area contributed by atoms with Crippen LogP contribution in [0.1, 0.15) is 0 Å². The summed E-state index contributed by atoms with van der Waals surface area (Å²) in [5.41, 5.74) is 0. The van der Waals surface area contributed by atoms with Crippen molar-refractivity contribution in [3.8, 4) is 0 Å². The Balaban J connectivity index is 4.01. The van der Waals surface area contributed by atoms with E-state index in [1.165, 1.54) is 0 Å². The van der Waals surface area contributed by atoms with Gasteiger partial charge in [0.25, 0.3) is 0 Å². The maximum absolute atomic E-state index is 10.2. The summed E-state index contributed by atoms with van der Waals surface area (Å²) in [5, 5.41) is 0. The van der Waals surface area contributed by atoms with Crippen LogP contribution in [0, 0.1) is 0 Å². The zero-order chi connectivity index (χ0) is 9.12. The van der Waals surface area contributed by atoms with Gasteiger partial charge in [-0.2, -0.15) is 0 Å². The van der Waals surface area contributed by atoms with Crippen LogP contribution in [-0.4, -0.2) is 14.7 Å². The molecule has 0 aromatic carbocycles. The molecule has 11 heteroatoms. The molecule has 11 heavy (non-hydrogen) atoms. The van der Waals surface area contributed by atoms with Crippen LogP contribution in [0.15, 0.2) is 4.13 Å². The van der Waals surface area contributed by atoms with Crippen LogP contribution in [0.3, 0.4) is 0 Å². The molecule has 0 saturated heterocycles. The van der Waals surface area contributed by atoms with Gasteiger partial charge in [0.2, 0.25) is 0 Å². The maximum Gasteiger partial charge on any atom is 0.497 e. The molecule has 0 bridgehead atoms. The van der Waals surface area contributed by atoms with E-state index in [1.54, 1.807) is 0 Å². The molecule has 8 nitrogen and oxygen atoms in total. The second-order valence-electron chi connectivity index (χ2n) is 1.21. The highest BCUT2D eigenvalue weighted by Gasteiger charge is 2.26. The van der Waals surface area contributed by atoms with Crippen molar-refractivity contribution in [2.24, 2.45) is 4.13 Å². The molecule has 0 fully saturated rings. The van der Waals surface area contributed by atoms with Crippen molar-refractivity contribution in [3.05, 3.63) is 0 Å². The second-order valence-corrected chi connectivity index (χ2v) is 4.13. The molecule has 0 spiro atoms. The first kappa shape index (κ1) is 11.3. The summed E-state index contributed by atoms with van der Waals surface area (Å²) < 4.78 is 28.9. The first-order chi connectivity index (χ1) is 4.77. The van der Waals surface area contributed by atoms with Gasteiger partial charge in [-0.25, -0.2) is 9.13 Å². The van der Waals surface area contributed by atoms with Gasteiger partial charge in [0.1, 0.15) is 0 Å². The van der Waals surface area contributed by atoms with E-state index in [0.29, 0.717) is 0 Å². The summed E-state index contributed by atoms with van der Waals surface area (Å²) >= 11 is 3.73. The Bertz CT molecular complexity index is 229. The number of rotatable bonds is 4. The van der Waals surface area contributed by atoms with Crippen LogP contribution in [-0.2, 0) is 30.9 Å². The van der Waals surface area contributed by atoms with E-state index in [0.717, 1.165) is 0 Å². The third kappa shape index (κ3) is 6.67. The highest BCUT2D eigenvalue weighted by Crippen LogP contribution is 2.49. The molecule has 66 valence electrons. The molecule has 1 atom stereocenters. The summed E-state index contributed by atoms with van der Waals surface area (Å²) in [6.45, 7) is 0. The van der Waals surface area contributed by atoms with Gasteiger partial charge in [-0.05, 0) is 0 Å². The van der Waals surface area contributed by atoms with E-state index >= 15 is 0 Å². The molecule has 0 aliphatic rings. The average Bonchev–Trinajstić information content (AvgIpc) is 1.83. The summed E-state index contributed by atoms with van der Waals surface area (Å²) in [6, 6.07) is 0. The van der Waals surface area contributed by atoms with E-state index in [4.69, 9.17) is 14.7 Å². The molecule has 0 aliphatic carbocycles. The van der Waals surface area contributed by atoms with Crippen molar-refractivity contribution in [1.29, 1.82) is 0 Å². The fourth-order valence-electron chi connectivity index (χ4n) is 0.100. The number of nitrogens with zero attached hydrogens (tertiary/aromatic N) is 1. The highest BCUT2D eigenvalue weighted by atomic mass is 32.1. The SMILES string of the molecule is O=P(O)(O)OOP(=O)(O)N=S. The van der Waals surface area contributed by atoms with Gasteiger partial charge in [-0.15, -0.1) is 13.5 Å². The van der Waals surface area contributed by atoms with E-state index in [9.17, 15) is 9.13 Å². The smallest absolute Gasteiger partial charge is 0.305 e. The Kier molecular flexibility index (Phi) is 3.89. The van der Waals surface area contributed by atoms with Crippen LogP contribution < -0.4 is 0 Å². The van der Waals surface area contributed by atoms with Crippen molar-refractivity contribution >= 4 is 28.0 Å². The van der Waals surface area contributed by atoms with Crippen LogP contribution >= 0.6 is 15.6 Å². The maximum atomic E-state index is 10.2. The fraction of sp³-hybridized carbons (Fsp3) is 0. The van der Waals surface area contributed by atoms with Gasteiger partial charge in [0, 0.05) is 12.4 Å². The predicted molar refractivity (Wildman–Crippen MR) is 33.8 cm³/mol. The van der Waals surface area contributed by atoms with Gasteiger partial charge in [-0.1, -0.05) is 0 Å². The van der Waals surface area contributed by atoms with Gasteiger partial charge in [0.15, 0.2) is 0 Å². The highest BCUT2D eigenvalue weighted by molar-refractivity contribution is 7.62. The van der Waals surface area contributed by atoms with Crippen molar-refractivity contribution in [1.82, 2.24) is 0 Å².